The van der Waals surface area contributed by atoms with Crippen molar-refractivity contribution in [2.45, 2.75) is 19.8 Å². The fraction of sp³-hybridized carbons (Fsp3) is 0.286. The lowest BCUT2D eigenvalue weighted by atomic mass is 10.1. The molecule has 0 unspecified atom stereocenters. The van der Waals surface area contributed by atoms with E-state index in [9.17, 15) is 4.79 Å². The molecule has 1 aromatic carbocycles. The zero-order valence-electron chi connectivity index (χ0n) is 13.3. The van der Waals surface area contributed by atoms with Crippen molar-refractivity contribution in [1.82, 2.24) is 30.4 Å². The largest absolute Gasteiger partial charge is 0.494 e. The Bertz CT molecular complexity index is 845. The van der Waals surface area contributed by atoms with Crippen LogP contribution in [0.2, 0.25) is 0 Å². The van der Waals surface area contributed by atoms with Gasteiger partial charge in [0.25, 0.3) is 5.91 Å². The molecular weight excluding hydrogens is 330 g/mol. The predicted molar refractivity (Wildman–Crippen MR) is 87.7 cm³/mol. The molecule has 0 fully saturated rings. The molecule has 0 aliphatic rings. The average Bonchev–Trinajstić information content (AvgIpc) is 3.25. The lowest BCUT2D eigenvalue weighted by Gasteiger charge is -2.09. The number of tetrazole rings is 1. The summed E-state index contributed by atoms with van der Waals surface area (Å²) in [5.74, 6) is 0.460. The molecule has 0 radical (unpaired) electrons. The normalized spacial score (nSPS) is 10.8. The first-order valence-corrected chi connectivity index (χ1v) is 7.96. The van der Waals surface area contributed by atoms with Crippen LogP contribution in [0.1, 0.15) is 35.1 Å². The molecule has 10 heteroatoms. The van der Waals surface area contributed by atoms with Crippen LogP contribution < -0.4 is 10.1 Å². The number of hydrogen-bond donors (Lipinski definition) is 1. The van der Waals surface area contributed by atoms with E-state index in [-0.39, 0.29) is 11.8 Å². The van der Waals surface area contributed by atoms with Crippen LogP contribution in [0.5, 0.6) is 5.75 Å². The van der Waals surface area contributed by atoms with Crippen molar-refractivity contribution >= 4 is 22.4 Å². The number of ether oxygens (including phenoxy) is 1. The van der Waals surface area contributed by atoms with Gasteiger partial charge in [-0.05, 0) is 28.6 Å². The zero-order chi connectivity index (χ0) is 17.1. The number of anilines is 1. The molecule has 0 atom stereocenters. The van der Waals surface area contributed by atoms with Crippen molar-refractivity contribution in [1.29, 1.82) is 0 Å². The van der Waals surface area contributed by atoms with Crippen molar-refractivity contribution in [2.24, 2.45) is 0 Å². The Kier molecular flexibility index (Phi) is 4.47. The van der Waals surface area contributed by atoms with Gasteiger partial charge in [-0.1, -0.05) is 25.2 Å². The number of nitrogens with zero attached hydrogens (tertiary/aromatic N) is 6. The summed E-state index contributed by atoms with van der Waals surface area (Å²) in [7, 11) is 1.52. The summed E-state index contributed by atoms with van der Waals surface area (Å²) in [6.07, 6.45) is 1.45. The van der Waals surface area contributed by atoms with Crippen LogP contribution >= 0.6 is 11.3 Å². The van der Waals surface area contributed by atoms with Gasteiger partial charge in [0.1, 0.15) is 22.8 Å². The molecule has 3 rings (SSSR count). The summed E-state index contributed by atoms with van der Waals surface area (Å²) in [5.41, 5.74) is 1.07. The molecular formula is C14H15N7O2S. The van der Waals surface area contributed by atoms with Crippen LogP contribution in [0.4, 0.5) is 5.13 Å². The summed E-state index contributed by atoms with van der Waals surface area (Å²) >= 11 is 1.36. The molecule has 3 aromatic rings. The SMILES string of the molecule is COc1cc(C(=O)Nc2nnc(C(C)C)s2)ccc1-n1cnnn1. The van der Waals surface area contributed by atoms with Crippen molar-refractivity contribution in [3.05, 3.63) is 35.1 Å². The van der Waals surface area contributed by atoms with E-state index in [0.717, 1.165) is 5.01 Å². The van der Waals surface area contributed by atoms with E-state index >= 15 is 0 Å². The molecule has 24 heavy (non-hydrogen) atoms. The maximum Gasteiger partial charge on any atom is 0.257 e. The average molecular weight is 345 g/mol. The third-order valence-corrected chi connectivity index (χ3v) is 4.33. The van der Waals surface area contributed by atoms with E-state index < -0.39 is 0 Å². The van der Waals surface area contributed by atoms with Crippen LogP contribution in [0.15, 0.2) is 24.5 Å². The molecule has 1 amide bonds. The van der Waals surface area contributed by atoms with E-state index in [2.05, 4.69) is 31.0 Å². The Morgan fingerprint density at radius 2 is 2.17 bits per heavy atom. The van der Waals surface area contributed by atoms with Crippen LogP contribution in [-0.2, 0) is 0 Å². The van der Waals surface area contributed by atoms with Gasteiger partial charge in [0.05, 0.1) is 7.11 Å². The van der Waals surface area contributed by atoms with Gasteiger partial charge in [0.15, 0.2) is 0 Å². The number of amides is 1. The standard InChI is InChI=1S/C14H15N7O2S/c1-8(2)13-17-18-14(24-13)16-12(22)9-4-5-10(11(6-9)23-3)21-7-15-19-20-21/h4-8H,1-3H3,(H,16,18,22). The van der Waals surface area contributed by atoms with E-state index in [1.165, 1.54) is 29.5 Å². The van der Waals surface area contributed by atoms with Crippen molar-refractivity contribution in [2.75, 3.05) is 12.4 Å². The number of methoxy groups -OCH3 is 1. The minimum atomic E-state index is -0.289. The van der Waals surface area contributed by atoms with E-state index in [1.807, 2.05) is 13.8 Å². The second-order valence-electron chi connectivity index (χ2n) is 5.20. The maximum absolute atomic E-state index is 12.4. The number of carbonyl (C=O) groups is 1. The second-order valence-corrected chi connectivity index (χ2v) is 6.20. The second kappa shape index (κ2) is 6.71. The summed E-state index contributed by atoms with van der Waals surface area (Å²) < 4.78 is 6.78. The Morgan fingerprint density at radius 1 is 1.33 bits per heavy atom. The van der Waals surface area contributed by atoms with E-state index in [4.69, 9.17) is 4.74 Å². The topological polar surface area (TPSA) is 108 Å². The molecule has 0 spiro atoms. The highest BCUT2D eigenvalue weighted by Gasteiger charge is 2.15. The van der Waals surface area contributed by atoms with E-state index in [0.29, 0.717) is 22.1 Å². The van der Waals surface area contributed by atoms with Crippen LogP contribution in [0.3, 0.4) is 0 Å². The van der Waals surface area contributed by atoms with Gasteiger partial charge in [-0.15, -0.1) is 15.3 Å². The third kappa shape index (κ3) is 3.23. The number of rotatable bonds is 5. The molecule has 9 nitrogen and oxygen atoms in total. The maximum atomic E-state index is 12.4. The van der Waals surface area contributed by atoms with Crippen molar-refractivity contribution in [3.8, 4) is 11.4 Å². The number of hydrogen-bond acceptors (Lipinski definition) is 8. The van der Waals surface area contributed by atoms with Crippen LogP contribution in [0.25, 0.3) is 5.69 Å². The Balaban J connectivity index is 1.82. The van der Waals surface area contributed by atoms with Gasteiger partial charge in [-0.3, -0.25) is 10.1 Å². The Labute approximate surface area is 141 Å². The molecule has 2 aromatic heterocycles. The Morgan fingerprint density at radius 3 is 2.79 bits per heavy atom. The minimum absolute atomic E-state index is 0.267. The minimum Gasteiger partial charge on any atom is -0.494 e. The Hall–Kier alpha value is -2.88. The molecule has 124 valence electrons. The highest BCUT2D eigenvalue weighted by Crippen LogP contribution is 2.25. The zero-order valence-corrected chi connectivity index (χ0v) is 14.1. The van der Waals surface area contributed by atoms with Gasteiger partial charge >= 0.3 is 0 Å². The number of aromatic nitrogens is 6. The molecule has 0 saturated carbocycles. The van der Waals surface area contributed by atoms with E-state index in [1.54, 1.807) is 18.2 Å². The molecule has 0 aliphatic heterocycles. The molecule has 0 aliphatic carbocycles. The highest BCUT2D eigenvalue weighted by atomic mass is 32.1. The number of nitrogens with one attached hydrogen (secondary N) is 1. The van der Waals surface area contributed by atoms with Gasteiger partial charge in [-0.25, -0.2) is 0 Å². The molecule has 2 heterocycles. The lowest BCUT2D eigenvalue weighted by Crippen LogP contribution is -2.12. The summed E-state index contributed by atoms with van der Waals surface area (Å²) in [6.45, 7) is 4.05. The van der Waals surface area contributed by atoms with Gasteiger partial charge in [-0.2, -0.15) is 4.68 Å². The van der Waals surface area contributed by atoms with Gasteiger partial charge in [0, 0.05) is 11.5 Å². The first-order chi connectivity index (χ1) is 11.6. The lowest BCUT2D eigenvalue weighted by molar-refractivity contribution is 0.102. The summed E-state index contributed by atoms with van der Waals surface area (Å²) in [6, 6.07) is 5.00. The summed E-state index contributed by atoms with van der Waals surface area (Å²) in [5, 5.41) is 23.1. The quantitative estimate of drug-likeness (QED) is 0.752. The molecule has 0 saturated heterocycles. The fourth-order valence-electron chi connectivity index (χ4n) is 1.97. The first kappa shape index (κ1) is 16.0. The van der Waals surface area contributed by atoms with Crippen LogP contribution in [0, 0.1) is 0 Å². The predicted octanol–water partition coefficient (Wildman–Crippen LogP) is 1.90. The van der Waals surface area contributed by atoms with Crippen molar-refractivity contribution < 1.29 is 9.53 Å². The third-order valence-electron chi connectivity index (χ3n) is 3.19. The molecule has 1 N–H and O–H groups in total. The van der Waals surface area contributed by atoms with Gasteiger partial charge < -0.3 is 4.74 Å². The molecule has 0 bridgehead atoms. The van der Waals surface area contributed by atoms with Crippen LogP contribution in [-0.4, -0.2) is 43.4 Å². The first-order valence-electron chi connectivity index (χ1n) is 7.14. The van der Waals surface area contributed by atoms with Gasteiger partial charge in [0.2, 0.25) is 5.13 Å². The monoisotopic (exact) mass is 345 g/mol. The van der Waals surface area contributed by atoms with Crippen molar-refractivity contribution in [3.63, 3.8) is 0 Å². The fourth-order valence-corrected chi connectivity index (χ4v) is 2.71. The number of benzene rings is 1. The highest BCUT2D eigenvalue weighted by molar-refractivity contribution is 7.15. The number of carbonyl (C=O) groups excluding carboxylic acids is 1. The summed E-state index contributed by atoms with van der Waals surface area (Å²) in [4.78, 5) is 12.4. The smallest absolute Gasteiger partial charge is 0.257 e.